The molecule has 0 amide bonds. The minimum absolute atomic E-state index is 0.138. The van der Waals surface area contributed by atoms with E-state index in [4.69, 9.17) is 0 Å². The molecule has 0 atom stereocenters. The third kappa shape index (κ3) is 3.61. The first-order chi connectivity index (χ1) is 8.97. The van der Waals surface area contributed by atoms with E-state index < -0.39 is 0 Å². The molecule has 102 valence electrons. The molecule has 0 radical (unpaired) electrons. The van der Waals surface area contributed by atoms with Gasteiger partial charge in [0.15, 0.2) is 0 Å². The summed E-state index contributed by atoms with van der Waals surface area (Å²) in [7, 11) is 0. The number of nitrogens with one attached hydrogen (secondary N) is 2. The quantitative estimate of drug-likeness (QED) is 0.737. The van der Waals surface area contributed by atoms with Crippen LogP contribution in [0.4, 0.5) is 5.69 Å². The molecule has 19 heavy (non-hydrogen) atoms. The van der Waals surface area contributed by atoms with Gasteiger partial charge in [0.25, 0.3) is 0 Å². The van der Waals surface area contributed by atoms with E-state index in [0.29, 0.717) is 5.75 Å². The maximum atomic E-state index is 9.83. The highest BCUT2D eigenvalue weighted by Gasteiger charge is 2.07. The van der Waals surface area contributed by atoms with Gasteiger partial charge in [-0.15, -0.1) is 0 Å². The second-order valence-corrected chi connectivity index (χ2v) is 5.78. The molecule has 0 fully saturated rings. The summed E-state index contributed by atoms with van der Waals surface area (Å²) < 4.78 is 0. The Morgan fingerprint density at radius 2 is 1.63 bits per heavy atom. The van der Waals surface area contributed by atoms with E-state index in [1.807, 2.05) is 30.3 Å². The Morgan fingerprint density at radius 1 is 0.947 bits per heavy atom. The fourth-order valence-electron chi connectivity index (χ4n) is 2.08. The maximum absolute atomic E-state index is 9.83. The number of benzene rings is 2. The van der Waals surface area contributed by atoms with Gasteiger partial charge in [0.1, 0.15) is 5.75 Å². The largest absolute Gasteiger partial charge is 0.507 e. The maximum Gasteiger partial charge on any atom is 0.123 e. The Balaban J connectivity index is 2.07. The molecule has 2 aromatic rings. The third-order valence-corrected chi connectivity index (χ3v) is 2.99. The average molecular weight is 258 g/mol. The summed E-state index contributed by atoms with van der Waals surface area (Å²) in [5.74, 6) is 0.328. The zero-order valence-corrected chi connectivity index (χ0v) is 11.8. The van der Waals surface area contributed by atoms with E-state index in [9.17, 15) is 5.11 Å². The van der Waals surface area contributed by atoms with Gasteiger partial charge in [0, 0.05) is 35.1 Å². The molecule has 2 rings (SSSR count). The number of hydrogen-bond donors (Lipinski definition) is 3. The molecular formula is C16H22N2O. The summed E-state index contributed by atoms with van der Waals surface area (Å²) in [4.78, 5) is 0. The van der Waals surface area contributed by atoms with Crippen LogP contribution in [0, 0.1) is 0 Å². The molecule has 0 aliphatic heterocycles. The molecule has 0 saturated heterocycles. The lowest BCUT2D eigenvalue weighted by Gasteiger charge is -2.21. The number of phenols is 1. The summed E-state index contributed by atoms with van der Waals surface area (Å²) in [5.41, 5.74) is 1.20. The van der Waals surface area contributed by atoms with Gasteiger partial charge in [-0.05, 0) is 32.9 Å². The third-order valence-electron chi connectivity index (χ3n) is 2.99. The lowest BCUT2D eigenvalue weighted by atomic mass is 10.1. The van der Waals surface area contributed by atoms with Gasteiger partial charge in [0.05, 0.1) is 0 Å². The second-order valence-electron chi connectivity index (χ2n) is 5.78. The summed E-state index contributed by atoms with van der Waals surface area (Å²) in [6.07, 6.45) is 0. The lowest BCUT2D eigenvalue weighted by molar-refractivity contribution is 0.435. The highest BCUT2D eigenvalue weighted by Crippen LogP contribution is 2.29. The van der Waals surface area contributed by atoms with Gasteiger partial charge in [-0.25, -0.2) is 0 Å². The Labute approximate surface area is 114 Å². The number of hydrogen-bond acceptors (Lipinski definition) is 3. The fraction of sp³-hybridized carbons (Fsp3) is 0.375. The molecule has 3 N–H and O–H groups in total. The van der Waals surface area contributed by atoms with Gasteiger partial charge >= 0.3 is 0 Å². The van der Waals surface area contributed by atoms with Crippen molar-refractivity contribution in [3.63, 3.8) is 0 Å². The average Bonchev–Trinajstić information content (AvgIpc) is 2.34. The van der Waals surface area contributed by atoms with E-state index >= 15 is 0 Å². The number of rotatable bonds is 4. The van der Waals surface area contributed by atoms with E-state index in [2.05, 4.69) is 31.4 Å². The van der Waals surface area contributed by atoms with Crippen LogP contribution in [0.5, 0.6) is 5.75 Å². The van der Waals surface area contributed by atoms with E-state index in [1.54, 1.807) is 6.07 Å². The zero-order chi connectivity index (χ0) is 13.9. The van der Waals surface area contributed by atoms with Crippen molar-refractivity contribution in [2.45, 2.75) is 26.3 Å². The summed E-state index contributed by atoms with van der Waals surface area (Å²) in [5, 5.41) is 18.6. The normalized spacial score (nSPS) is 11.7. The zero-order valence-electron chi connectivity index (χ0n) is 11.8. The fourth-order valence-corrected chi connectivity index (χ4v) is 2.08. The van der Waals surface area contributed by atoms with Crippen molar-refractivity contribution in [3.8, 4) is 5.75 Å². The number of anilines is 1. The standard InChI is InChI=1S/C16H22N2O/c1-16(2,3)18-11-10-17-14-8-4-7-13-12(14)6-5-9-15(13)19/h4-9,17-19H,10-11H2,1-3H3. The molecule has 0 spiro atoms. The van der Waals surface area contributed by atoms with Gasteiger partial charge in [-0.2, -0.15) is 0 Å². The van der Waals surface area contributed by atoms with Crippen LogP contribution < -0.4 is 10.6 Å². The SMILES string of the molecule is CC(C)(C)NCCNc1cccc2c(O)cccc12. The Morgan fingerprint density at radius 3 is 2.37 bits per heavy atom. The van der Waals surface area contributed by atoms with Crippen molar-refractivity contribution in [1.82, 2.24) is 5.32 Å². The van der Waals surface area contributed by atoms with Crippen LogP contribution in [0.25, 0.3) is 10.8 Å². The lowest BCUT2D eigenvalue weighted by Crippen LogP contribution is -2.38. The Bertz CT molecular complexity index is 558. The summed E-state index contributed by atoms with van der Waals surface area (Å²) >= 11 is 0. The van der Waals surface area contributed by atoms with Crippen LogP contribution in [-0.4, -0.2) is 23.7 Å². The first-order valence-electron chi connectivity index (χ1n) is 6.67. The van der Waals surface area contributed by atoms with Crippen LogP contribution >= 0.6 is 0 Å². The summed E-state index contributed by atoms with van der Waals surface area (Å²) in [6.45, 7) is 8.22. The highest BCUT2D eigenvalue weighted by molar-refractivity contribution is 5.97. The van der Waals surface area contributed by atoms with Crippen LogP contribution in [-0.2, 0) is 0 Å². The van der Waals surface area contributed by atoms with Crippen molar-refractivity contribution in [3.05, 3.63) is 36.4 Å². The van der Waals surface area contributed by atoms with Gasteiger partial charge in [0.2, 0.25) is 0 Å². The van der Waals surface area contributed by atoms with E-state index in [0.717, 1.165) is 29.5 Å². The first kappa shape index (κ1) is 13.7. The van der Waals surface area contributed by atoms with E-state index in [1.165, 1.54) is 0 Å². The Kier molecular flexibility index (Phi) is 3.96. The molecule has 0 aromatic heterocycles. The van der Waals surface area contributed by atoms with Crippen molar-refractivity contribution in [1.29, 1.82) is 0 Å². The van der Waals surface area contributed by atoms with Gasteiger partial charge in [-0.3, -0.25) is 0 Å². The molecule has 0 unspecified atom stereocenters. The minimum Gasteiger partial charge on any atom is -0.507 e. The molecule has 3 heteroatoms. The van der Waals surface area contributed by atoms with Crippen molar-refractivity contribution >= 4 is 16.5 Å². The number of phenolic OH excluding ortho intramolecular Hbond substituents is 1. The highest BCUT2D eigenvalue weighted by atomic mass is 16.3. The summed E-state index contributed by atoms with van der Waals surface area (Å²) in [6, 6.07) is 11.5. The Hall–Kier alpha value is -1.74. The van der Waals surface area contributed by atoms with Crippen LogP contribution in [0.2, 0.25) is 0 Å². The van der Waals surface area contributed by atoms with Crippen molar-refractivity contribution in [2.75, 3.05) is 18.4 Å². The second kappa shape index (κ2) is 5.49. The molecule has 0 saturated carbocycles. The predicted molar refractivity (Wildman–Crippen MR) is 81.9 cm³/mol. The molecule has 2 aromatic carbocycles. The van der Waals surface area contributed by atoms with Crippen LogP contribution in [0.15, 0.2) is 36.4 Å². The van der Waals surface area contributed by atoms with Crippen LogP contribution in [0.1, 0.15) is 20.8 Å². The number of fused-ring (bicyclic) bond motifs is 1. The van der Waals surface area contributed by atoms with Crippen LogP contribution in [0.3, 0.4) is 0 Å². The molecular weight excluding hydrogens is 236 g/mol. The molecule has 0 aliphatic carbocycles. The predicted octanol–water partition coefficient (Wildman–Crippen LogP) is 3.35. The smallest absolute Gasteiger partial charge is 0.123 e. The van der Waals surface area contributed by atoms with Crippen molar-refractivity contribution in [2.24, 2.45) is 0 Å². The molecule has 3 nitrogen and oxygen atoms in total. The van der Waals surface area contributed by atoms with E-state index in [-0.39, 0.29) is 5.54 Å². The number of aromatic hydroxyl groups is 1. The van der Waals surface area contributed by atoms with Crippen molar-refractivity contribution < 1.29 is 5.11 Å². The van der Waals surface area contributed by atoms with Gasteiger partial charge < -0.3 is 15.7 Å². The topological polar surface area (TPSA) is 44.3 Å². The monoisotopic (exact) mass is 258 g/mol. The minimum atomic E-state index is 0.138. The molecule has 0 aliphatic rings. The first-order valence-corrected chi connectivity index (χ1v) is 6.67. The molecule has 0 bridgehead atoms. The van der Waals surface area contributed by atoms with Gasteiger partial charge in [-0.1, -0.05) is 24.3 Å². The molecule has 0 heterocycles.